The fourth-order valence-electron chi connectivity index (χ4n) is 2.62. The van der Waals surface area contributed by atoms with E-state index < -0.39 is 11.6 Å². The predicted octanol–water partition coefficient (Wildman–Crippen LogP) is 3.89. The van der Waals surface area contributed by atoms with Crippen molar-refractivity contribution in [3.05, 3.63) is 100 Å². The van der Waals surface area contributed by atoms with Crippen molar-refractivity contribution < 1.29 is 8.78 Å². The van der Waals surface area contributed by atoms with E-state index in [1.807, 2.05) is 34.7 Å². The Kier molecular flexibility index (Phi) is 5.42. The second-order valence-corrected chi connectivity index (χ2v) is 6.92. The van der Waals surface area contributed by atoms with Gasteiger partial charge in [0.25, 0.3) is 0 Å². The minimum absolute atomic E-state index is 0.388. The maximum atomic E-state index is 13.4. The number of benzene rings is 1. The summed E-state index contributed by atoms with van der Waals surface area (Å²) < 4.78 is 26.5. The third kappa shape index (κ3) is 4.14. The van der Waals surface area contributed by atoms with Crippen molar-refractivity contribution in [3.63, 3.8) is 0 Å². The summed E-state index contributed by atoms with van der Waals surface area (Å²) in [5, 5.41) is 5.17. The number of hydrogen-bond donors (Lipinski definition) is 1. The van der Waals surface area contributed by atoms with Crippen LogP contribution >= 0.6 is 11.3 Å². The Morgan fingerprint density at radius 2 is 2.04 bits per heavy atom. The van der Waals surface area contributed by atoms with Crippen molar-refractivity contribution in [2.75, 3.05) is 0 Å². The molecule has 0 unspecified atom stereocenters. The zero-order chi connectivity index (χ0) is 18.7. The molecule has 0 aliphatic carbocycles. The van der Waals surface area contributed by atoms with Crippen LogP contribution in [0.1, 0.15) is 10.4 Å². The molecule has 1 aromatic carbocycles. The molecule has 6 heteroatoms. The second kappa shape index (κ2) is 7.75. The highest BCUT2D eigenvalue weighted by atomic mass is 32.1. The molecule has 0 amide bonds. The number of halogens is 2. The van der Waals surface area contributed by atoms with Crippen LogP contribution in [0.25, 0.3) is 0 Å². The molecule has 0 atom stereocenters. The number of thiophene rings is 1. The molecule has 2 radical (unpaired) electrons. The molecule has 2 nitrogen and oxygen atoms in total. The van der Waals surface area contributed by atoms with Crippen LogP contribution in [0.2, 0.25) is 0 Å². The van der Waals surface area contributed by atoms with Gasteiger partial charge in [-0.25, -0.2) is 8.78 Å². The van der Waals surface area contributed by atoms with Gasteiger partial charge in [-0.3, -0.25) is 0 Å². The van der Waals surface area contributed by atoms with Gasteiger partial charge < -0.3 is 10.2 Å². The van der Waals surface area contributed by atoms with Gasteiger partial charge in [0, 0.05) is 41.1 Å². The summed E-state index contributed by atoms with van der Waals surface area (Å²) in [7, 11) is 5.73. The lowest BCUT2D eigenvalue weighted by Gasteiger charge is -2.28. The average molecular weight is 366 g/mol. The maximum Gasteiger partial charge on any atom is 0.159 e. The molecule has 0 spiro atoms. The van der Waals surface area contributed by atoms with Crippen molar-refractivity contribution in [3.8, 4) is 0 Å². The summed E-state index contributed by atoms with van der Waals surface area (Å²) in [6.45, 7) is 9.21. The first kappa shape index (κ1) is 18.2. The van der Waals surface area contributed by atoms with E-state index in [0.29, 0.717) is 18.7 Å². The molecule has 0 bridgehead atoms. The number of hydrogen-bond acceptors (Lipinski definition) is 3. The van der Waals surface area contributed by atoms with Crippen molar-refractivity contribution in [1.29, 1.82) is 0 Å². The topological polar surface area (TPSA) is 15.3 Å². The quantitative estimate of drug-likeness (QED) is 0.781. The van der Waals surface area contributed by atoms with E-state index in [2.05, 4.69) is 18.5 Å². The number of rotatable bonds is 6. The first-order valence-corrected chi connectivity index (χ1v) is 8.86. The van der Waals surface area contributed by atoms with E-state index in [4.69, 9.17) is 7.85 Å². The highest BCUT2D eigenvalue weighted by molar-refractivity contribution is 7.10. The largest absolute Gasteiger partial charge is 0.380 e. The second-order valence-electron chi connectivity index (χ2n) is 5.92. The molecule has 1 aromatic heterocycles. The zero-order valence-electron chi connectivity index (χ0n) is 14.1. The van der Waals surface area contributed by atoms with Gasteiger partial charge in [-0.15, -0.1) is 11.3 Å². The molecule has 26 heavy (non-hydrogen) atoms. The van der Waals surface area contributed by atoms with Crippen LogP contribution in [0.4, 0.5) is 8.78 Å². The molecule has 1 aliphatic rings. The lowest BCUT2D eigenvalue weighted by Crippen LogP contribution is -2.23. The normalized spacial score (nSPS) is 13.7. The Bertz CT molecular complexity index is 914. The minimum atomic E-state index is -0.855. The lowest BCUT2D eigenvalue weighted by atomic mass is 10.0. The van der Waals surface area contributed by atoms with Crippen LogP contribution in [0, 0.1) is 11.6 Å². The molecule has 0 fully saturated rings. The Balaban J connectivity index is 1.64. The lowest BCUT2D eigenvalue weighted by molar-refractivity contribution is 0.457. The van der Waals surface area contributed by atoms with Crippen LogP contribution in [-0.2, 0) is 13.1 Å². The summed E-state index contributed by atoms with van der Waals surface area (Å²) in [5.41, 5.74) is 3.74. The van der Waals surface area contributed by atoms with Gasteiger partial charge in [-0.1, -0.05) is 30.8 Å². The molecule has 3 rings (SSSR count). The van der Waals surface area contributed by atoms with Crippen LogP contribution in [0.15, 0.2) is 78.1 Å². The van der Waals surface area contributed by atoms with Gasteiger partial charge >= 0.3 is 0 Å². The third-order valence-electron chi connectivity index (χ3n) is 4.00. The minimum Gasteiger partial charge on any atom is -0.380 e. The molecule has 1 aliphatic heterocycles. The number of allylic oxidation sites excluding steroid dienone is 2. The van der Waals surface area contributed by atoms with Crippen LogP contribution in [-0.4, -0.2) is 12.7 Å². The standard InChI is InChI=1S/C20H17BF2N2S/c1-13(24-10-17-9-16(21)12-26-17)18-4-3-7-25(14(18)2)11-15-5-6-19(22)20(23)8-15/h3-9,12,24H,1-2,10-11H2. The van der Waals surface area contributed by atoms with Crippen molar-refractivity contribution >= 4 is 24.6 Å². The van der Waals surface area contributed by atoms with E-state index in [1.54, 1.807) is 17.4 Å². The van der Waals surface area contributed by atoms with E-state index in [-0.39, 0.29) is 0 Å². The molecule has 0 saturated heterocycles. The van der Waals surface area contributed by atoms with Crippen LogP contribution < -0.4 is 10.8 Å². The monoisotopic (exact) mass is 366 g/mol. The molecule has 2 aromatic rings. The zero-order valence-corrected chi connectivity index (χ0v) is 15.0. The Hall–Kier alpha value is -2.60. The van der Waals surface area contributed by atoms with E-state index in [0.717, 1.165) is 33.4 Å². The average Bonchev–Trinajstić information content (AvgIpc) is 3.03. The number of nitrogens with one attached hydrogen (secondary N) is 1. The fraction of sp³-hybridized carbons (Fsp3) is 0.100. The van der Waals surface area contributed by atoms with E-state index in [1.165, 1.54) is 6.07 Å². The van der Waals surface area contributed by atoms with Crippen molar-refractivity contribution in [1.82, 2.24) is 10.2 Å². The first-order valence-electron chi connectivity index (χ1n) is 7.98. The van der Waals surface area contributed by atoms with Crippen LogP contribution in [0.5, 0.6) is 0 Å². The Labute approximate surface area is 157 Å². The van der Waals surface area contributed by atoms with Gasteiger partial charge in [0.05, 0.1) is 0 Å². The van der Waals surface area contributed by atoms with E-state index >= 15 is 0 Å². The molecular formula is C20H17BF2N2S. The van der Waals surface area contributed by atoms with Crippen molar-refractivity contribution in [2.45, 2.75) is 13.1 Å². The first-order chi connectivity index (χ1) is 12.4. The van der Waals surface area contributed by atoms with Gasteiger partial charge in [-0.05, 0) is 35.2 Å². The molecule has 2 heterocycles. The summed E-state index contributed by atoms with van der Waals surface area (Å²) in [4.78, 5) is 2.98. The summed E-state index contributed by atoms with van der Waals surface area (Å²) in [5.74, 6) is -1.71. The molecular weight excluding hydrogens is 349 g/mol. The third-order valence-corrected chi connectivity index (χ3v) is 4.95. The SMILES string of the molecule is [B]c1csc(CNC(=C)C2=CC=CN(Cc3ccc(F)c(F)c3)C2=C)c1. The summed E-state index contributed by atoms with van der Waals surface area (Å²) >= 11 is 1.58. The Morgan fingerprint density at radius 1 is 1.23 bits per heavy atom. The number of nitrogens with zero attached hydrogens (tertiary/aromatic N) is 1. The molecule has 1 N–H and O–H groups in total. The Morgan fingerprint density at radius 3 is 2.73 bits per heavy atom. The maximum absolute atomic E-state index is 13.4. The van der Waals surface area contributed by atoms with Crippen molar-refractivity contribution in [2.24, 2.45) is 0 Å². The van der Waals surface area contributed by atoms with Gasteiger partial charge in [0.2, 0.25) is 0 Å². The van der Waals surface area contributed by atoms with Gasteiger partial charge in [-0.2, -0.15) is 0 Å². The van der Waals surface area contributed by atoms with Crippen LogP contribution in [0.3, 0.4) is 0 Å². The highest BCUT2D eigenvalue weighted by Gasteiger charge is 2.16. The molecule has 130 valence electrons. The smallest absolute Gasteiger partial charge is 0.159 e. The van der Waals surface area contributed by atoms with Gasteiger partial charge in [0.15, 0.2) is 11.6 Å². The van der Waals surface area contributed by atoms with E-state index in [9.17, 15) is 8.78 Å². The summed E-state index contributed by atoms with van der Waals surface area (Å²) in [6, 6.07) is 5.81. The fourth-order valence-corrected chi connectivity index (χ4v) is 3.34. The summed E-state index contributed by atoms with van der Waals surface area (Å²) in [6.07, 6.45) is 5.64. The molecule has 0 saturated carbocycles. The predicted molar refractivity (Wildman–Crippen MR) is 104 cm³/mol. The highest BCUT2D eigenvalue weighted by Crippen LogP contribution is 2.26. The van der Waals surface area contributed by atoms with Gasteiger partial charge in [0.1, 0.15) is 7.85 Å².